The summed E-state index contributed by atoms with van der Waals surface area (Å²) in [6.07, 6.45) is 3.19. The standard InChI is InChI=1S/C14H17N3O/c1-2-12(10-6-4-3-5-7-10)17-13(11-8-9-11)15-16-14(17)18/h3-7,11-12H,2,8-9H2,1H3,(H,16,18)/t12-/m0/s1. The highest BCUT2D eigenvalue weighted by Gasteiger charge is 2.31. The molecule has 1 heterocycles. The van der Waals surface area contributed by atoms with Gasteiger partial charge in [0.05, 0.1) is 6.04 Å². The molecule has 1 aliphatic rings. The number of benzene rings is 1. The number of rotatable bonds is 4. The zero-order valence-corrected chi connectivity index (χ0v) is 10.5. The quantitative estimate of drug-likeness (QED) is 0.896. The second-order valence-corrected chi connectivity index (χ2v) is 4.87. The van der Waals surface area contributed by atoms with Crippen LogP contribution in [0, 0.1) is 0 Å². The Balaban J connectivity index is 2.06. The third kappa shape index (κ3) is 1.88. The van der Waals surface area contributed by atoms with E-state index in [4.69, 9.17) is 0 Å². The smallest absolute Gasteiger partial charge is 0.271 e. The minimum atomic E-state index is -0.0902. The van der Waals surface area contributed by atoms with Crippen LogP contribution in [0.4, 0.5) is 0 Å². The van der Waals surface area contributed by atoms with Gasteiger partial charge in [-0.05, 0) is 24.8 Å². The number of aromatic amines is 1. The predicted octanol–water partition coefficient (Wildman–Crippen LogP) is 2.45. The maximum atomic E-state index is 12.0. The summed E-state index contributed by atoms with van der Waals surface area (Å²) >= 11 is 0. The van der Waals surface area contributed by atoms with Crippen LogP contribution >= 0.6 is 0 Å². The second-order valence-electron chi connectivity index (χ2n) is 4.87. The predicted molar refractivity (Wildman–Crippen MR) is 69.7 cm³/mol. The van der Waals surface area contributed by atoms with Gasteiger partial charge in [-0.25, -0.2) is 9.89 Å². The van der Waals surface area contributed by atoms with E-state index >= 15 is 0 Å². The van der Waals surface area contributed by atoms with Gasteiger partial charge >= 0.3 is 5.69 Å². The molecule has 1 atom stereocenters. The molecule has 0 aliphatic heterocycles. The number of nitrogens with one attached hydrogen (secondary N) is 1. The van der Waals surface area contributed by atoms with Gasteiger partial charge in [-0.15, -0.1) is 0 Å². The maximum absolute atomic E-state index is 12.0. The molecule has 4 nitrogen and oxygen atoms in total. The van der Waals surface area contributed by atoms with Crippen LogP contribution in [0.5, 0.6) is 0 Å². The van der Waals surface area contributed by atoms with Crippen LogP contribution in [0.15, 0.2) is 35.1 Å². The number of hydrogen-bond acceptors (Lipinski definition) is 2. The lowest BCUT2D eigenvalue weighted by atomic mass is 10.0. The molecule has 0 bridgehead atoms. The summed E-state index contributed by atoms with van der Waals surface area (Å²) in [5.74, 6) is 1.40. The van der Waals surface area contributed by atoms with Gasteiger partial charge in [0.1, 0.15) is 5.82 Å². The minimum Gasteiger partial charge on any atom is -0.271 e. The van der Waals surface area contributed by atoms with Gasteiger partial charge in [0.2, 0.25) is 0 Å². The maximum Gasteiger partial charge on any atom is 0.343 e. The van der Waals surface area contributed by atoms with Crippen molar-refractivity contribution in [3.8, 4) is 0 Å². The van der Waals surface area contributed by atoms with Crippen LogP contribution in [0.25, 0.3) is 0 Å². The van der Waals surface area contributed by atoms with Crippen molar-refractivity contribution in [2.45, 2.75) is 38.1 Å². The first kappa shape index (κ1) is 11.3. The average molecular weight is 243 g/mol. The largest absolute Gasteiger partial charge is 0.343 e. The first-order valence-corrected chi connectivity index (χ1v) is 6.53. The lowest BCUT2D eigenvalue weighted by Crippen LogP contribution is -2.24. The van der Waals surface area contributed by atoms with Crippen molar-refractivity contribution in [3.05, 3.63) is 52.2 Å². The molecule has 1 aromatic carbocycles. The van der Waals surface area contributed by atoms with Crippen LogP contribution in [0.1, 0.15) is 49.5 Å². The van der Waals surface area contributed by atoms with Gasteiger partial charge in [0.15, 0.2) is 0 Å². The topological polar surface area (TPSA) is 50.7 Å². The lowest BCUT2D eigenvalue weighted by molar-refractivity contribution is 0.527. The molecule has 0 saturated heterocycles. The first-order valence-electron chi connectivity index (χ1n) is 6.53. The number of hydrogen-bond donors (Lipinski definition) is 1. The molecule has 2 aromatic rings. The minimum absolute atomic E-state index is 0.0902. The van der Waals surface area contributed by atoms with E-state index < -0.39 is 0 Å². The fourth-order valence-electron chi connectivity index (χ4n) is 2.49. The molecule has 1 fully saturated rings. The Hall–Kier alpha value is -1.84. The van der Waals surface area contributed by atoms with Gasteiger partial charge < -0.3 is 0 Å². The van der Waals surface area contributed by atoms with Crippen LogP contribution in [-0.4, -0.2) is 14.8 Å². The Kier molecular flexibility index (Phi) is 2.78. The monoisotopic (exact) mass is 243 g/mol. The molecule has 1 N–H and O–H groups in total. The van der Waals surface area contributed by atoms with Gasteiger partial charge in [0.25, 0.3) is 0 Å². The summed E-state index contributed by atoms with van der Waals surface area (Å²) in [5.41, 5.74) is 1.08. The Bertz CT molecular complexity index is 581. The third-order valence-corrected chi connectivity index (χ3v) is 3.56. The fraction of sp³-hybridized carbons (Fsp3) is 0.429. The Morgan fingerprint density at radius 2 is 2.11 bits per heavy atom. The van der Waals surface area contributed by atoms with Gasteiger partial charge in [-0.1, -0.05) is 37.3 Å². The number of aromatic nitrogens is 3. The average Bonchev–Trinajstić information content (AvgIpc) is 3.18. The van der Waals surface area contributed by atoms with Crippen molar-refractivity contribution in [3.63, 3.8) is 0 Å². The number of H-pyrrole nitrogens is 1. The SMILES string of the molecule is CC[C@@H](c1ccccc1)n1c(C2CC2)n[nH]c1=O. The van der Waals surface area contributed by atoms with E-state index in [0.717, 1.165) is 25.1 Å². The zero-order valence-electron chi connectivity index (χ0n) is 10.5. The molecule has 0 unspecified atom stereocenters. The molecule has 0 amide bonds. The van der Waals surface area contributed by atoms with Crippen molar-refractivity contribution in [2.75, 3.05) is 0 Å². The van der Waals surface area contributed by atoms with E-state index in [1.54, 1.807) is 0 Å². The Labute approximate surface area is 106 Å². The molecule has 0 radical (unpaired) electrons. The van der Waals surface area contributed by atoms with E-state index in [2.05, 4.69) is 29.3 Å². The molecule has 4 heteroatoms. The summed E-state index contributed by atoms with van der Waals surface area (Å²) in [5, 5.41) is 6.80. The highest BCUT2D eigenvalue weighted by molar-refractivity contribution is 5.21. The molecule has 0 spiro atoms. The second kappa shape index (κ2) is 4.44. The summed E-state index contributed by atoms with van der Waals surface area (Å²) in [7, 11) is 0. The first-order chi connectivity index (χ1) is 8.81. The molecule has 1 aliphatic carbocycles. The van der Waals surface area contributed by atoms with E-state index in [1.807, 2.05) is 22.8 Å². The van der Waals surface area contributed by atoms with Crippen molar-refractivity contribution >= 4 is 0 Å². The van der Waals surface area contributed by atoms with Crippen LogP contribution in [0.3, 0.4) is 0 Å². The molecular formula is C14H17N3O. The van der Waals surface area contributed by atoms with Crippen LogP contribution < -0.4 is 5.69 Å². The van der Waals surface area contributed by atoms with Crippen LogP contribution in [-0.2, 0) is 0 Å². The zero-order chi connectivity index (χ0) is 12.5. The van der Waals surface area contributed by atoms with Gasteiger partial charge in [-0.2, -0.15) is 5.10 Å². The summed E-state index contributed by atoms with van der Waals surface area (Å²) in [6, 6.07) is 10.3. The Morgan fingerprint density at radius 3 is 2.72 bits per heavy atom. The van der Waals surface area contributed by atoms with E-state index in [1.165, 1.54) is 5.56 Å². The van der Waals surface area contributed by atoms with Crippen molar-refractivity contribution in [1.82, 2.24) is 14.8 Å². The summed E-state index contributed by atoms with van der Waals surface area (Å²) in [6.45, 7) is 2.10. The van der Waals surface area contributed by atoms with Gasteiger partial charge in [0, 0.05) is 5.92 Å². The molecule has 18 heavy (non-hydrogen) atoms. The van der Waals surface area contributed by atoms with E-state index in [-0.39, 0.29) is 11.7 Å². The highest BCUT2D eigenvalue weighted by Crippen LogP contribution is 2.39. The third-order valence-electron chi connectivity index (χ3n) is 3.56. The number of nitrogens with zero attached hydrogens (tertiary/aromatic N) is 2. The summed E-state index contributed by atoms with van der Waals surface area (Å²) in [4.78, 5) is 12.0. The molecule has 1 aromatic heterocycles. The van der Waals surface area contributed by atoms with Crippen LogP contribution in [0.2, 0.25) is 0 Å². The lowest BCUT2D eigenvalue weighted by Gasteiger charge is -2.18. The van der Waals surface area contributed by atoms with Crippen molar-refractivity contribution < 1.29 is 0 Å². The van der Waals surface area contributed by atoms with Crippen molar-refractivity contribution in [2.24, 2.45) is 0 Å². The fourth-order valence-corrected chi connectivity index (χ4v) is 2.49. The summed E-state index contributed by atoms with van der Waals surface area (Å²) < 4.78 is 1.84. The molecule has 1 saturated carbocycles. The molecule has 94 valence electrons. The van der Waals surface area contributed by atoms with E-state index in [0.29, 0.717) is 5.92 Å². The van der Waals surface area contributed by atoms with Gasteiger partial charge in [-0.3, -0.25) is 4.57 Å². The van der Waals surface area contributed by atoms with Crippen molar-refractivity contribution in [1.29, 1.82) is 0 Å². The van der Waals surface area contributed by atoms with E-state index in [9.17, 15) is 4.79 Å². The molecule has 3 rings (SSSR count). The highest BCUT2D eigenvalue weighted by atomic mass is 16.1. The molecular weight excluding hydrogens is 226 g/mol. The Morgan fingerprint density at radius 1 is 1.39 bits per heavy atom. The normalized spacial score (nSPS) is 16.7.